The number of carbonyl (C=O) groups is 2. The lowest BCUT2D eigenvalue weighted by molar-refractivity contribution is -0.139. The Hall–Kier alpha value is -1.39. The van der Waals surface area contributed by atoms with Crippen molar-refractivity contribution in [3.63, 3.8) is 0 Å². The first kappa shape index (κ1) is 12.1. The maximum atomic E-state index is 11.4. The van der Waals surface area contributed by atoms with E-state index in [0.717, 1.165) is 44.2 Å². The number of hydrazone groups is 1. The lowest BCUT2D eigenvalue weighted by atomic mass is 10.1. The molecule has 0 bridgehead atoms. The zero-order valence-corrected chi connectivity index (χ0v) is 10.2. The molecule has 2 N–H and O–H groups in total. The number of hydrogen-bond acceptors (Lipinski definition) is 3. The molecule has 0 aliphatic heterocycles. The van der Waals surface area contributed by atoms with Crippen LogP contribution in [0.2, 0.25) is 0 Å². The van der Waals surface area contributed by atoms with E-state index in [1.807, 2.05) is 0 Å². The smallest absolute Gasteiger partial charge is 0.329 e. The molecule has 0 aromatic carbocycles. The molecule has 0 heterocycles. The van der Waals surface area contributed by atoms with Crippen molar-refractivity contribution in [2.75, 3.05) is 0 Å². The van der Waals surface area contributed by atoms with Crippen molar-refractivity contribution < 1.29 is 9.59 Å². The lowest BCUT2D eigenvalue weighted by Gasteiger charge is -2.03. The van der Waals surface area contributed by atoms with Gasteiger partial charge < -0.3 is 5.32 Å². The highest BCUT2D eigenvalue weighted by Gasteiger charge is 2.26. The summed E-state index contributed by atoms with van der Waals surface area (Å²) in [5, 5.41) is 6.66. The summed E-state index contributed by atoms with van der Waals surface area (Å²) in [5.74, 6) is -0.530. The number of rotatable bonds is 3. The van der Waals surface area contributed by atoms with Gasteiger partial charge in [-0.2, -0.15) is 5.10 Å². The van der Waals surface area contributed by atoms with Gasteiger partial charge in [0.2, 0.25) is 0 Å². The standard InChI is InChI=1S/C12H19N3O2/c1-2-8-3-4-10(7-8)14-15-12(17)11(16)13-9-5-6-9/h8-9H,2-7H2,1H3,(H,13,16)(H,15,17)/b14-10+. The van der Waals surface area contributed by atoms with Gasteiger partial charge in [-0.15, -0.1) is 0 Å². The second-order valence-corrected chi connectivity index (χ2v) is 4.88. The van der Waals surface area contributed by atoms with Crippen molar-refractivity contribution in [3.05, 3.63) is 0 Å². The van der Waals surface area contributed by atoms with E-state index in [1.165, 1.54) is 0 Å². The molecule has 94 valence electrons. The Morgan fingerprint density at radius 2 is 2.06 bits per heavy atom. The maximum absolute atomic E-state index is 11.4. The van der Waals surface area contributed by atoms with Crippen molar-refractivity contribution in [3.8, 4) is 0 Å². The summed E-state index contributed by atoms with van der Waals surface area (Å²) in [6, 6.07) is 0.205. The highest BCUT2D eigenvalue weighted by Crippen LogP contribution is 2.25. The van der Waals surface area contributed by atoms with Gasteiger partial charge in [0.25, 0.3) is 0 Å². The van der Waals surface area contributed by atoms with Gasteiger partial charge in [0.15, 0.2) is 0 Å². The third-order valence-electron chi connectivity index (χ3n) is 3.38. The van der Waals surface area contributed by atoms with Crippen LogP contribution in [0.25, 0.3) is 0 Å². The predicted molar refractivity (Wildman–Crippen MR) is 64.4 cm³/mol. The molecule has 2 amide bonds. The van der Waals surface area contributed by atoms with Crippen LogP contribution < -0.4 is 10.7 Å². The normalized spacial score (nSPS) is 25.9. The van der Waals surface area contributed by atoms with E-state index < -0.39 is 11.8 Å². The average Bonchev–Trinajstić information content (AvgIpc) is 3.02. The molecule has 0 radical (unpaired) electrons. The molecule has 5 nitrogen and oxygen atoms in total. The van der Waals surface area contributed by atoms with E-state index in [4.69, 9.17) is 0 Å². The Labute approximate surface area is 101 Å². The Bertz CT molecular complexity index is 348. The zero-order valence-electron chi connectivity index (χ0n) is 10.2. The molecular formula is C12H19N3O2. The van der Waals surface area contributed by atoms with E-state index in [-0.39, 0.29) is 6.04 Å². The van der Waals surface area contributed by atoms with Crippen LogP contribution >= 0.6 is 0 Å². The highest BCUT2D eigenvalue weighted by atomic mass is 16.2. The van der Waals surface area contributed by atoms with Crippen molar-refractivity contribution >= 4 is 17.5 Å². The van der Waals surface area contributed by atoms with Gasteiger partial charge in [-0.3, -0.25) is 9.59 Å². The molecule has 5 heteroatoms. The fourth-order valence-electron chi connectivity index (χ4n) is 2.02. The predicted octanol–water partition coefficient (Wildman–Crippen LogP) is 0.947. The number of carbonyl (C=O) groups excluding carboxylic acids is 2. The monoisotopic (exact) mass is 237 g/mol. The van der Waals surface area contributed by atoms with E-state index in [1.54, 1.807) is 0 Å². The van der Waals surface area contributed by atoms with Gasteiger partial charge in [-0.05, 0) is 38.0 Å². The Balaban J connectivity index is 1.74. The van der Waals surface area contributed by atoms with E-state index >= 15 is 0 Å². The van der Waals surface area contributed by atoms with Gasteiger partial charge in [0.1, 0.15) is 0 Å². The summed E-state index contributed by atoms with van der Waals surface area (Å²) in [4.78, 5) is 22.7. The summed E-state index contributed by atoms with van der Waals surface area (Å²) in [7, 11) is 0. The molecule has 0 aromatic heterocycles. The summed E-state index contributed by atoms with van der Waals surface area (Å²) >= 11 is 0. The van der Waals surface area contributed by atoms with Crippen LogP contribution in [0.4, 0.5) is 0 Å². The number of hydrogen-bond donors (Lipinski definition) is 2. The Kier molecular flexibility index (Phi) is 3.76. The van der Waals surface area contributed by atoms with Crippen LogP contribution in [0.15, 0.2) is 5.10 Å². The summed E-state index contributed by atoms with van der Waals surface area (Å²) < 4.78 is 0. The quantitative estimate of drug-likeness (QED) is 0.566. The first-order valence-corrected chi connectivity index (χ1v) is 6.35. The topological polar surface area (TPSA) is 70.6 Å². The van der Waals surface area contributed by atoms with Gasteiger partial charge in [0, 0.05) is 11.8 Å². The van der Waals surface area contributed by atoms with Gasteiger partial charge in [-0.1, -0.05) is 13.3 Å². The Morgan fingerprint density at radius 3 is 2.65 bits per heavy atom. The molecule has 1 atom stereocenters. The molecule has 2 fully saturated rings. The van der Waals surface area contributed by atoms with Gasteiger partial charge in [-0.25, -0.2) is 5.43 Å². The molecule has 1 unspecified atom stereocenters. The fraction of sp³-hybridized carbons (Fsp3) is 0.750. The molecule has 0 spiro atoms. The van der Waals surface area contributed by atoms with Crippen molar-refractivity contribution in [2.24, 2.45) is 11.0 Å². The molecule has 0 saturated heterocycles. The van der Waals surface area contributed by atoms with Crippen LogP contribution in [0, 0.1) is 5.92 Å². The summed E-state index contributed by atoms with van der Waals surface area (Å²) in [6.45, 7) is 2.16. The first-order chi connectivity index (χ1) is 8.19. The fourth-order valence-corrected chi connectivity index (χ4v) is 2.02. The minimum absolute atomic E-state index is 0.205. The van der Waals surface area contributed by atoms with E-state index in [9.17, 15) is 9.59 Å². The molecule has 0 aromatic rings. The second-order valence-electron chi connectivity index (χ2n) is 4.88. The zero-order chi connectivity index (χ0) is 12.3. The third-order valence-corrected chi connectivity index (χ3v) is 3.38. The SMILES string of the molecule is CCC1CC/C(=N\NC(=O)C(=O)NC2CC2)C1. The second kappa shape index (κ2) is 5.29. The molecule has 2 aliphatic carbocycles. The highest BCUT2D eigenvalue weighted by molar-refractivity contribution is 6.35. The minimum atomic E-state index is -0.649. The number of nitrogens with one attached hydrogen (secondary N) is 2. The summed E-state index contributed by atoms with van der Waals surface area (Å²) in [6.07, 6.45) is 6.12. The van der Waals surface area contributed by atoms with Crippen molar-refractivity contribution in [1.29, 1.82) is 0 Å². The van der Waals surface area contributed by atoms with Crippen molar-refractivity contribution in [2.45, 2.75) is 51.5 Å². The van der Waals surface area contributed by atoms with Gasteiger partial charge in [0.05, 0.1) is 0 Å². The van der Waals surface area contributed by atoms with Crippen LogP contribution in [-0.2, 0) is 9.59 Å². The van der Waals surface area contributed by atoms with Crippen LogP contribution in [-0.4, -0.2) is 23.6 Å². The average molecular weight is 237 g/mol. The van der Waals surface area contributed by atoms with Crippen LogP contribution in [0.1, 0.15) is 45.4 Å². The number of nitrogens with zero attached hydrogens (tertiary/aromatic N) is 1. The van der Waals surface area contributed by atoms with Crippen LogP contribution in [0.3, 0.4) is 0 Å². The van der Waals surface area contributed by atoms with Crippen molar-refractivity contribution in [1.82, 2.24) is 10.7 Å². The molecule has 2 rings (SSSR count). The molecular weight excluding hydrogens is 218 g/mol. The molecule has 17 heavy (non-hydrogen) atoms. The van der Waals surface area contributed by atoms with E-state index in [0.29, 0.717) is 5.92 Å². The molecule has 2 saturated carbocycles. The maximum Gasteiger partial charge on any atom is 0.329 e. The number of amides is 2. The van der Waals surface area contributed by atoms with Gasteiger partial charge >= 0.3 is 11.8 Å². The first-order valence-electron chi connectivity index (χ1n) is 6.35. The van der Waals surface area contributed by atoms with Crippen LogP contribution in [0.5, 0.6) is 0 Å². The largest absolute Gasteiger partial charge is 0.345 e. The Morgan fingerprint density at radius 1 is 1.29 bits per heavy atom. The summed E-state index contributed by atoms with van der Waals surface area (Å²) in [5.41, 5.74) is 3.34. The molecule has 2 aliphatic rings. The minimum Gasteiger partial charge on any atom is -0.345 e. The lowest BCUT2D eigenvalue weighted by Crippen LogP contribution is -2.39. The van der Waals surface area contributed by atoms with E-state index in [2.05, 4.69) is 22.8 Å². The third kappa shape index (κ3) is 3.54.